The van der Waals surface area contributed by atoms with Crippen LogP contribution in [0.1, 0.15) is 24.2 Å². The second-order valence-corrected chi connectivity index (χ2v) is 8.51. The standard InChI is InChI=1S/C24H30N4O6/c1-14-11-28(15(2)12-29)23(30)17-5-4-6-18(22(17)34-21(14)10-25-3)27-24(31)26-16-7-8-19-20(9-16)33-13-32-19/h4-9,14-15,21,25,29H,10-13H2,1-3H3,(H2,26,27,31)/t14-,15-,21-/m1/s1. The molecule has 3 amide bonds. The van der Waals surface area contributed by atoms with Gasteiger partial charge in [0.1, 0.15) is 6.10 Å². The molecule has 2 aliphatic rings. The van der Waals surface area contributed by atoms with Crippen molar-refractivity contribution in [2.24, 2.45) is 5.92 Å². The first-order valence-electron chi connectivity index (χ1n) is 11.2. The zero-order valence-corrected chi connectivity index (χ0v) is 19.5. The highest BCUT2D eigenvalue weighted by molar-refractivity contribution is 6.04. The van der Waals surface area contributed by atoms with Crippen LogP contribution in [0.4, 0.5) is 16.2 Å². The van der Waals surface area contributed by atoms with E-state index in [1.807, 2.05) is 14.0 Å². The molecule has 2 aliphatic heterocycles. The van der Waals surface area contributed by atoms with Crippen molar-refractivity contribution in [3.63, 3.8) is 0 Å². The van der Waals surface area contributed by atoms with E-state index in [4.69, 9.17) is 14.2 Å². The van der Waals surface area contributed by atoms with Crippen molar-refractivity contribution in [2.45, 2.75) is 26.0 Å². The van der Waals surface area contributed by atoms with Gasteiger partial charge in [-0.25, -0.2) is 4.79 Å². The zero-order chi connectivity index (χ0) is 24.2. The van der Waals surface area contributed by atoms with Gasteiger partial charge in [0.25, 0.3) is 5.91 Å². The molecule has 4 N–H and O–H groups in total. The molecule has 0 fully saturated rings. The molecule has 2 aromatic rings. The Morgan fingerprint density at radius 1 is 1.21 bits per heavy atom. The van der Waals surface area contributed by atoms with Crippen LogP contribution in [0.25, 0.3) is 0 Å². The number of aliphatic hydroxyl groups is 1. The molecule has 0 unspecified atom stereocenters. The number of anilines is 2. The first-order chi connectivity index (χ1) is 16.4. The molecule has 0 spiro atoms. The lowest BCUT2D eigenvalue weighted by molar-refractivity contribution is 0.0417. The van der Waals surface area contributed by atoms with Gasteiger partial charge in [-0.1, -0.05) is 13.0 Å². The lowest BCUT2D eigenvalue weighted by atomic mass is 9.99. The minimum Gasteiger partial charge on any atom is -0.486 e. The summed E-state index contributed by atoms with van der Waals surface area (Å²) < 4.78 is 17.0. The number of hydrogen-bond donors (Lipinski definition) is 4. The van der Waals surface area contributed by atoms with Crippen LogP contribution < -0.4 is 30.2 Å². The summed E-state index contributed by atoms with van der Waals surface area (Å²) in [4.78, 5) is 27.9. The van der Waals surface area contributed by atoms with Crippen LogP contribution in [0.3, 0.4) is 0 Å². The molecular weight excluding hydrogens is 440 g/mol. The van der Waals surface area contributed by atoms with Crippen molar-refractivity contribution in [3.05, 3.63) is 42.0 Å². The van der Waals surface area contributed by atoms with Crippen LogP contribution in [0.2, 0.25) is 0 Å². The Hall–Kier alpha value is -3.50. The summed E-state index contributed by atoms with van der Waals surface area (Å²) in [6.07, 6.45) is -0.259. The molecule has 0 aliphatic carbocycles. The number of carbonyl (C=O) groups is 2. The molecule has 34 heavy (non-hydrogen) atoms. The van der Waals surface area contributed by atoms with Crippen LogP contribution >= 0.6 is 0 Å². The molecule has 182 valence electrons. The average molecular weight is 471 g/mol. The summed E-state index contributed by atoms with van der Waals surface area (Å²) in [5.74, 6) is 1.20. The summed E-state index contributed by atoms with van der Waals surface area (Å²) in [5.41, 5.74) is 1.23. The van der Waals surface area contributed by atoms with Crippen LogP contribution in [0.15, 0.2) is 36.4 Å². The van der Waals surface area contributed by atoms with Crippen molar-refractivity contribution in [1.82, 2.24) is 10.2 Å². The van der Waals surface area contributed by atoms with Gasteiger partial charge < -0.3 is 40.2 Å². The number of benzene rings is 2. The maximum absolute atomic E-state index is 13.4. The van der Waals surface area contributed by atoms with E-state index in [1.54, 1.807) is 48.2 Å². The maximum atomic E-state index is 13.4. The van der Waals surface area contributed by atoms with Crippen LogP contribution in [-0.4, -0.2) is 67.6 Å². The molecule has 0 aromatic heterocycles. The molecule has 3 atom stereocenters. The molecular formula is C24H30N4O6. The van der Waals surface area contributed by atoms with E-state index >= 15 is 0 Å². The Morgan fingerprint density at radius 3 is 2.76 bits per heavy atom. The molecule has 0 saturated heterocycles. The molecule has 4 rings (SSSR count). The van der Waals surface area contributed by atoms with Crippen molar-refractivity contribution in [1.29, 1.82) is 0 Å². The molecule has 0 saturated carbocycles. The molecule has 10 nitrogen and oxygen atoms in total. The largest absolute Gasteiger partial charge is 0.486 e. The summed E-state index contributed by atoms with van der Waals surface area (Å²) in [6, 6.07) is 9.30. The van der Waals surface area contributed by atoms with E-state index in [9.17, 15) is 14.7 Å². The Bertz CT molecular complexity index is 1060. The maximum Gasteiger partial charge on any atom is 0.323 e. The smallest absolute Gasteiger partial charge is 0.323 e. The molecule has 10 heteroatoms. The third-order valence-electron chi connectivity index (χ3n) is 5.98. The molecule has 0 radical (unpaired) electrons. The second kappa shape index (κ2) is 10.2. The number of ether oxygens (including phenoxy) is 3. The normalized spacial score (nSPS) is 20.0. The van der Waals surface area contributed by atoms with Gasteiger partial charge >= 0.3 is 6.03 Å². The lowest BCUT2D eigenvalue weighted by Gasteiger charge is -2.37. The number of hydrogen-bond acceptors (Lipinski definition) is 7. The number of nitrogens with zero attached hydrogens (tertiary/aromatic N) is 1. The van der Waals surface area contributed by atoms with Crippen LogP contribution in [0.5, 0.6) is 17.2 Å². The van der Waals surface area contributed by atoms with E-state index in [0.717, 1.165) is 0 Å². The van der Waals surface area contributed by atoms with Gasteiger partial charge in [0, 0.05) is 30.8 Å². The van der Waals surface area contributed by atoms with Gasteiger partial charge in [-0.2, -0.15) is 0 Å². The van der Waals surface area contributed by atoms with E-state index in [0.29, 0.717) is 47.3 Å². The third-order valence-corrected chi connectivity index (χ3v) is 5.98. The summed E-state index contributed by atoms with van der Waals surface area (Å²) >= 11 is 0. The predicted molar refractivity (Wildman–Crippen MR) is 127 cm³/mol. The minimum atomic E-state index is -0.496. The number of fused-ring (bicyclic) bond motifs is 2. The first kappa shape index (κ1) is 23.7. The Kier molecular flexibility index (Phi) is 7.09. The molecule has 2 aromatic carbocycles. The average Bonchev–Trinajstić information content (AvgIpc) is 3.29. The quantitative estimate of drug-likeness (QED) is 0.512. The summed E-state index contributed by atoms with van der Waals surface area (Å²) in [5, 5.41) is 18.4. The number of likely N-dealkylation sites (N-methyl/N-ethyl adjacent to an activating group) is 1. The number of rotatable bonds is 6. The fourth-order valence-electron chi connectivity index (χ4n) is 4.05. The van der Waals surface area contributed by atoms with Crippen molar-refractivity contribution in [2.75, 3.05) is 44.2 Å². The van der Waals surface area contributed by atoms with Crippen molar-refractivity contribution in [3.8, 4) is 17.2 Å². The van der Waals surface area contributed by atoms with Gasteiger partial charge in [-0.15, -0.1) is 0 Å². The number of aliphatic hydroxyl groups excluding tert-OH is 1. The number of carbonyl (C=O) groups excluding carboxylic acids is 2. The topological polar surface area (TPSA) is 121 Å². The molecule has 0 bridgehead atoms. The fourth-order valence-corrected chi connectivity index (χ4v) is 4.05. The SMILES string of the molecule is CNC[C@H]1Oc2c(NC(=O)Nc3ccc4c(c3)OCO4)cccc2C(=O)N([C@H](C)CO)C[C@H]1C. The number of urea groups is 1. The number of nitrogens with one attached hydrogen (secondary N) is 3. The number of para-hydroxylation sites is 1. The highest BCUT2D eigenvalue weighted by Crippen LogP contribution is 2.36. The highest BCUT2D eigenvalue weighted by Gasteiger charge is 2.33. The van der Waals surface area contributed by atoms with Gasteiger partial charge in [0.15, 0.2) is 17.2 Å². The Labute approximate surface area is 198 Å². The molecule has 2 heterocycles. The Morgan fingerprint density at radius 2 is 2.00 bits per heavy atom. The van der Waals surface area contributed by atoms with Crippen LogP contribution in [0, 0.1) is 5.92 Å². The van der Waals surface area contributed by atoms with E-state index in [1.165, 1.54) is 0 Å². The lowest BCUT2D eigenvalue weighted by Crippen LogP contribution is -2.49. The monoisotopic (exact) mass is 470 g/mol. The fraction of sp³-hybridized carbons (Fsp3) is 0.417. The highest BCUT2D eigenvalue weighted by atomic mass is 16.7. The zero-order valence-electron chi connectivity index (χ0n) is 19.5. The van der Waals surface area contributed by atoms with Gasteiger partial charge in [-0.3, -0.25) is 4.79 Å². The van der Waals surface area contributed by atoms with Crippen molar-refractivity contribution >= 4 is 23.3 Å². The van der Waals surface area contributed by atoms with Gasteiger partial charge in [-0.05, 0) is 38.2 Å². The Balaban J connectivity index is 1.62. The minimum absolute atomic E-state index is 0.0194. The van der Waals surface area contributed by atoms with E-state index in [-0.39, 0.29) is 37.4 Å². The van der Waals surface area contributed by atoms with Gasteiger partial charge in [0.05, 0.1) is 23.9 Å². The third kappa shape index (κ3) is 4.87. The van der Waals surface area contributed by atoms with E-state index < -0.39 is 6.03 Å². The summed E-state index contributed by atoms with van der Waals surface area (Å²) in [7, 11) is 1.83. The predicted octanol–water partition coefficient (Wildman–Crippen LogP) is 2.50. The van der Waals surface area contributed by atoms with Crippen molar-refractivity contribution < 1.29 is 28.9 Å². The van der Waals surface area contributed by atoms with Crippen LogP contribution in [-0.2, 0) is 0 Å². The second-order valence-electron chi connectivity index (χ2n) is 8.51. The van der Waals surface area contributed by atoms with Gasteiger partial charge in [0.2, 0.25) is 6.79 Å². The first-order valence-corrected chi connectivity index (χ1v) is 11.2. The number of amides is 3. The van der Waals surface area contributed by atoms with E-state index in [2.05, 4.69) is 16.0 Å². The summed E-state index contributed by atoms with van der Waals surface area (Å²) in [6.45, 7) is 4.79.